The van der Waals surface area contributed by atoms with Crippen LogP contribution in [0.1, 0.15) is 25.0 Å². The van der Waals surface area contributed by atoms with Crippen LogP contribution in [0.25, 0.3) is 0 Å². The molecule has 1 unspecified atom stereocenters. The van der Waals surface area contributed by atoms with Crippen LogP contribution in [0.5, 0.6) is 0 Å². The molecule has 3 nitrogen and oxygen atoms in total. The molecular formula is C15H21NO2. The molecule has 1 aliphatic heterocycles. The van der Waals surface area contributed by atoms with Crippen LogP contribution < -0.4 is 5.32 Å². The first-order valence-corrected chi connectivity index (χ1v) is 6.74. The Morgan fingerprint density at radius 3 is 2.44 bits per heavy atom. The van der Waals surface area contributed by atoms with Gasteiger partial charge in [0.15, 0.2) is 5.79 Å². The Morgan fingerprint density at radius 2 is 1.89 bits per heavy atom. The van der Waals surface area contributed by atoms with Gasteiger partial charge in [-0.25, -0.2) is 0 Å². The van der Waals surface area contributed by atoms with Crippen molar-refractivity contribution < 1.29 is 9.47 Å². The molecule has 1 aliphatic carbocycles. The average Bonchev–Trinajstić information content (AvgIpc) is 2.89. The molecule has 1 N–H and O–H groups in total. The van der Waals surface area contributed by atoms with Gasteiger partial charge in [-0.2, -0.15) is 0 Å². The zero-order chi connectivity index (χ0) is 12.6. The van der Waals surface area contributed by atoms with E-state index in [2.05, 4.69) is 29.6 Å². The van der Waals surface area contributed by atoms with E-state index in [-0.39, 0.29) is 6.10 Å². The molecule has 1 heterocycles. The highest BCUT2D eigenvalue weighted by Gasteiger charge is 2.33. The van der Waals surface area contributed by atoms with Gasteiger partial charge in [0.05, 0.1) is 12.7 Å². The third-order valence-electron chi connectivity index (χ3n) is 3.75. The molecule has 0 spiro atoms. The third-order valence-corrected chi connectivity index (χ3v) is 3.75. The molecule has 0 aromatic heterocycles. The van der Waals surface area contributed by atoms with Gasteiger partial charge in [-0.05, 0) is 37.8 Å². The number of fused-ring (bicyclic) bond motifs is 1. The van der Waals surface area contributed by atoms with Gasteiger partial charge in [-0.3, -0.25) is 0 Å². The Balaban J connectivity index is 1.49. The second kappa shape index (κ2) is 4.65. The van der Waals surface area contributed by atoms with E-state index in [0.29, 0.717) is 12.6 Å². The van der Waals surface area contributed by atoms with Crippen molar-refractivity contribution in [3.05, 3.63) is 35.4 Å². The summed E-state index contributed by atoms with van der Waals surface area (Å²) in [5.74, 6) is -0.412. The summed E-state index contributed by atoms with van der Waals surface area (Å²) in [6.45, 7) is 5.51. The third kappa shape index (κ3) is 2.58. The van der Waals surface area contributed by atoms with Gasteiger partial charge in [0.2, 0.25) is 0 Å². The lowest BCUT2D eigenvalue weighted by atomic mass is 10.1. The Labute approximate surface area is 108 Å². The summed E-state index contributed by atoms with van der Waals surface area (Å²) >= 11 is 0. The molecule has 1 atom stereocenters. The van der Waals surface area contributed by atoms with E-state index in [1.54, 1.807) is 0 Å². The molecule has 0 radical (unpaired) electrons. The monoisotopic (exact) mass is 247 g/mol. The molecule has 1 saturated heterocycles. The molecule has 0 amide bonds. The van der Waals surface area contributed by atoms with Gasteiger partial charge in [-0.15, -0.1) is 0 Å². The molecule has 1 aromatic rings. The minimum Gasteiger partial charge on any atom is -0.348 e. The topological polar surface area (TPSA) is 30.5 Å². The van der Waals surface area contributed by atoms with Crippen LogP contribution in [-0.4, -0.2) is 31.1 Å². The molecule has 1 aromatic carbocycles. The van der Waals surface area contributed by atoms with E-state index >= 15 is 0 Å². The second-order valence-electron chi connectivity index (χ2n) is 5.73. The number of hydrogen-bond acceptors (Lipinski definition) is 3. The minimum absolute atomic E-state index is 0.184. The SMILES string of the molecule is CC1(C)OCC(CNC2Cc3ccccc3C2)O1. The van der Waals surface area contributed by atoms with Crippen molar-refractivity contribution >= 4 is 0 Å². The van der Waals surface area contributed by atoms with Crippen LogP contribution in [0.15, 0.2) is 24.3 Å². The molecule has 3 heteroatoms. The zero-order valence-corrected chi connectivity index (χ0v) is 11.1. The number of rotatable bonds is 3. The second-order valence-corrected chi connectivity index (χ2v) is 5.73. The molecule has 2 aliphatic rings. The summed E-state index contributed by atoms with van der Waals surface area (Å²) in [7, 11) is 0. The molecule has 3 rings (SSSR count). The molecular weight excluding hydrogens is 226 g/mol. The Morgan fingerprint density at radius 1 is 1.22 bits per heavy atom. The lowest BCUT2D eigenvalue weighted by Gasteiger charge is -2.19. The van der Waals surface area contributed by atoms with Crippen molar-refractivity contribution in [2.45, 2.75) is 44.6 Å². The first kappa shape index (κ1) is 12.2. The molecule has 1 fully saturated rings. The van der Waals surface area contributed by atoms with Crippen molar-refractivity contribution in [1.29, 1.82) is 0 Å². The van der Waals surface area contributed by atoms with Crippen molar-refractivity contribution in [1.82, 2.24) is 5.32 Å². The Kier molecular flexibility index (Phi) is 3.14. The highest BCUT2D eigenvalue weighted by Crippen LogP contribution is 2.24. The first-order chi connectivity index (χ1) is 8.62. The standard InChI is InChI=1S/C15H21NO2/c1-15(2)17-10-14(18-15)9-16-13-7-11-5-3-4-6-12(11)8-13/h3-6,13-14,16H,7-10H2,1-2H3. The highest BCUT2D eigenvalue weighted by molar-refractivity contribution is 5.33. The van der Waals surface area contributed by atoms with E-state index in [1.807, 2.05) is 13.8 Å². The van der Waals surface area contributed by atoms with Crippen LogP contribution in [-0.2, 0) is 22.3 Å². The van der Waals surface area contributed by atoms with E-state index in [0.717, 1.165) is 19.4 Å². The maximum atomic E-state index is 5.80. The van der Waals surface area contributed by atoms with Crippen LogP contribution >= 0.6 is 0 Å². The van der Waals surface area contributed by atoms with Gasteiger partial charge in [0.25, 0.3) is 0 Å². The highest BCUT2D eigenvalue weighted by atomic mass is 16.7. The summed E-state index contributed by atoms with van der Waals surface area (Å²) in [6, 6.07) is 9.26. The number of hydrogen-bond donors (Lipinski definition) is 1. The fourth-order valence-corrected chi connectivity index (χ4v) is 2.86. The summed E-state index contributed by atoms with van der Waals surface area (Å²) in [5.41, 5.74) is 2.97. The van der Waals surface area contributed by atoms with Crippen LogP contribution in [0.3, 0.4) is 0 Å². The van der Waals surface area contributed by atoms with Gasteiger partial charge in [0, 0.05) is 12.6 Å². The van der Waals surface area contributed by atoms with E-state index < -0.39 is 5.79 Å². The number of ether oxygens (including phenoxy) is 2. The summed E-state index contributed by atoms with van der Waals surface area (Å²) in [6.07, 6.45) is 2.45. The van der Waals surface area contributed by atoms with Crippen LogP contribution in [0, 0.1) is 0 Å². The maximum absolute atomic E-state index is 5.80. The van der Waals surface area contributed by atoms with E-state index in [9.17, 15) is 0 Å². The fourth-order valence-electron chi connectivity index (χ4n) is 2.86. The van der Waals surface area contributed by atoms with Crippen LogP contribution in [0.2, 0.25) is 0 Å². The minimum atomic E-state index is -0.412. The molecule has 0 saturated carbocycles. The molecule has 98 valence electrons. The predicted octanol–water partition coefficient (Wildman–Crippen LogP) is 1.89. The Hall–Kier alpha value is -0.900. The van der Waals surface area contributed by atoms with Crippen molar-refractivity contribution in [3.8, 4) is 0 Å². The summed E-state index contributed by atoms with van der Waals surface area (Å²) in [5, 5.41) is 3.60. The molecule has 0 bridgehead atoms. The lowest BCUT2D eigenvalue weighted by Crippen LogP contribution is -2.37. The van der Waals surface area contributed by atoms with Gasteiger partial charge >= 0.3 is 0 Å². The van der Waals surface area contributed by atoms with Crippen molar-refractivity contribution in [2.75, 3.05) is 13.2 Å². The van der Waals surface area contributed by atoms with Gasteiger partial charge in [0.1, 0.15) is 0 Å². The average molecular weight is 247 g/mol. The fraction of sp³-hybridized carbons (Fsp3) is 0.600. The van der Waals surface area contributed by atoms with Crippen molar-refractivity contribution in [2.24, 2.45) is 0 Å². The van der Waals surface area contributed by atoms with Gasteiger partial charge in [-0.1, -0.05) is 24.3 Å². The normalized spacial score (nSPS) is 26.4. The number of benzene rings is 1. The van der Waals surface area contributed by atoms with Crippen LogP contribution in [0.4, 0.5) is 0 Å². The summed E-state index contributed by atoms with van der Waals surface area (Å²) < 4.78 is 11.4. The predicted molar refractivity (Wildman–Crippen MR) is 70.5 cm³/mol. The van der Waals surface area contributed by atoms with Crippen molar-refractivity contribution in [3.63, 3.8) is 0 Å². The zero-order valence-electron chi connectivity index (χ0n) is 11.1. The first-order valence-electron chi connectivity index (χ1n) is 6.74. The maximum Gasteiger partial charge on any atom is 0.163 e. The van der Waals surface area contributed by atoms with E-state index in [1.165, 1.54) is 11.1 Å². The lowest BCUT2D eigenvalue weighted by molar-refractivity contribution is -0.137. The van der Waals surface area contributed by atoms with E-state index in [4.69, 9.17) is 9.47 Å². The summed E-state index contributed by atoms with van der Waals surface area (Å²) in [4.78, 5) is 0. The van der Waals surface area contributed by atoms with Gasteiger partial charge < -0.3 is 14.8 Å². The smallest absolute Gasteiger partial charge is 0.163 e. The quantitative estimate of drug-likeness (QED) is 0.885. The molecule has 18 heavy (non-hydrogen) atoms. The number of nitrogens with one attached hydrogen (secondary N) is 1. The Bertz CT molecular complexity index is 405. The largest absolute Gasteiger partial charge is 0.348 e.